The first-order chi connectivity index (χ1) is 10.4. The molecule has 2 aromatic heterocycles. The molecule has 2 rings (SSSR count). The zero-order valence-electron chi connectivity index (χ0n) is 13.2. The summed E-state index contributed by atoms with van der Waals surface area (Å²) in [5.74, 6) is 1.06. The molecule has 7 heteroatoms. The van der Waals surface area contributed by atoms with E-state index in [-0.39, 0.29) is 17.1 Å². The number of hydrogen-bond acceptors (Lipinski definition) is 4. The molecular formula is C15H20ClN5O. The van der Waals surface area contributed by atoms with Gasteiger partial charge >= 0.3 is 0 Å². The maximum atomic E-state index is 12.4. The summed E-state index contributed by atoms with van der Waals surface area (Å²) in [6.45, 7) is 4.13. The van der Waals surface area contributed by atoms with Gasteiger partial charge in [-0.25, -0.2) is 9.67 Å². The highest BCUT2D eigenvalue weighted by atomic mass is 35.5. The van der Waals surface area contributed by atoms with E-state index in [0.717, 1.165) is 6.42 Å². The molecule has 1 atom stereocenters. The number of carbonyl (C=O) groups is 1. The van der Waals surface area contributed by atoms with Gasteiger partial charge in [-0.15, -0.1) is 0 Å². The molecule has 118 valence electrons. The van der Waals surface area contributed by atoms with Gasteiger partial charge in [0, 0.05) is 25.7 Å². The molecule has 0 aliphatic heterocycles. The van der Waals surface area contributed by atoms with Crippen LogP contribution in [0.4, 0.5) is 11.6 Å². The zero-order chi connectivity index (χ0) is 16.3. The van der Waals surface area contributed by atoms with Crippen molar-refractivity contribution in [1.82, 2.24) is 14.8 Å². The van der Waals surface area contributed by atoms with Crippen molar-refractivity contribution in [3.63, 3.8) is 0 Å². The predicted molar refractivity (Wildman–Crippen MR) is 88.8 cm³/mol. The Labute approximate surface area is 135 Å². The van der Waals surface area contributed by atoms with E-state index in [9.17, 15) is 4.79 Å². The van der Waals surface area contributed by atoms with Crippen molar-refractivity contribution in [1.29, 1.82) is 0 Å². The Morgan fingerprint density at radius 3 is 2.82 bits per heavy atom. The van der Waals surface area contributed by atoms with Crippen molar-refractivity contribution in [3.8, 4) is 0 Å². The second kappa shape index (κ2) is 6.79. The summed E-state index contributed by atoms with van der Waals surface area (Å²) >= 11 is 5.99. The lowest BCUT2D eigenvalue weighted by Gasteiger charge is -2.15. The third kappa shape index (κ3) is 3.57. The molecular weight excluding hydrogens is 302 g/mol. The predicted octanol–water partition coefficient (Wildman–Crippen LogP) is 3.22. The fraction of sp³-hybridized carbons (Fsp3) is 0.400. The van der Waals surface area contributed by atoms with Crippen LogP contribution in [0.5, 0.6) is 0 Å². The summed E-state index contributed by atoms with van der Waals surface area (Å²) in [5.41, 5.74) is 0.459. The number of aromatic nitrogens is 3. The van der Waals surface area contributed by atoms with Gasteiger partial charge in [-0.05, 0) is 25.5 Å². The first-order valence-corrected chi connectivity index (χ1v) is 7.50. The Morgan fingerprint density at radius 1 is 1.45 bits per heavy atom. The Bertz CT molecular complexity index is 668. The number of halogens is 1. The van der Waals surface area contributed by atoms with Crippen molar-refractivity contribution < 1.29 is 4.79 Å². The zero-order valence-corrected chi connectivity index (χ0v) is 13.9. The summed E-state index contributed by atoms with van der Waals surface area (Å²) < 4.78 is 1.80. The Balaban J connectivity index is 2.25. The van der Waals surface area contributed by atoms with E-state index in [1.807, 2.05) is 14.1 Å². The van der Waals surface area contributed by atoms with Crippen molar-refractivity contribution in [2.45, 2.75) is 26.3 Å². The van der Waals surface area contributed by atoms with Gasteiger partial charge in [0.25, 0.3) is 5.91 Å². The number of rotatable bonds is 5. The molecule has 0 saturated carbocycles. The van der Waals surface area contributed by atoms with E-state index in [1.54, 1.807) is 34.0 Å². The quantitative estimate of drug-likeness (QED) is 0.859. The monoisotopic (exact) mass is 321 g/mol. The molecule has 0 aliphatic rings. The van der Waals surface area contributed by atoms with Crippen molar-refractivity contribution in [2.24, 2.45) is 0 Å². The van der Waals surface area contributed by atoms with Crippen molar-refractivity contribution in [3.05, 3.63) is 35.1 Å². The number of amides is 1. The number of hydrogen-bond donors (Lipinski definition) is 1. The molecule has 0 unspecified atom stereocenters. The SMILES string of the molecule is CC[C@@H](C)n1nccc1NC(=O)c1cc(Cl)nc(N(C)C)c1. The van der Waals surface area contributed by atoms with Gasteiger partial charge in [-0.3, -0.25) is 4.79 Å². The van der Waals surface area contributed by atoms with E-state index in [2.05, 4.69) is 29.2 Å². The van der Waals surface area contributed by atoms with Gasteiger partial charge in [0.05, 0.1) is 12.2 Å². The minimum Gasteiger partial charge on any atom is -0.363 e. The third-order valence-corrected chi connectivity index (χ3v) is 3.61. The first kappa shape index (κ1) is 16.3. The lowest BCUT2D eigenvalue weighted by Crippen LogP contribution is -2.18. The largest absolute Gasteiger partial charge is 0.363 e. The lowest BCUT2D eigenvalue weighted by molar-refractivity contribution is 0.102. The topological polar surface area (TPSA) is 63.1 Å². The maximum absolute atomic E-state index is 12.4. The molecule has 1 N–H and O–H groups in total. The molecule has 0 aromatic carbocycles. The standard InChI is InChI=1S/C15H20ClN5O/c1-5-10(2)21-13(6-7-17-21)19-15(22)11-8-12(16)18-14(9-11)20(3)4/h6-10H,5H2,1-4H3,(H,19,22)/t10-/m1/s1. The normalized spacial score (nSPS) is 12.0. The third-order valence-electron chi connectivity index (χ3n) is 3.42. The van der Waals surface area contributed by atoms with Crippen molar-refractivity contribution >= 4 is 29.1 Å². The molecule has 1 amide bonds. The molecule has 0 radical (unpaired) electrons. The first-order valence-electron chi connectivity index (χ1n) is 7.12. The van der Waals surface area contributed by atoms with E-state index in [0.29, 0.717) is 17.2 Å². The van der Waals surface area contributed by atoms with Gasteiger partial charge < -0.3 is 10.2 Å². The molecule has 0 aliphatic carbocycles. The fourth-order valence-corrected chi connectivity index (χ4v) is 2.17. The van der Waals surface area contributed by atoms with Crippen LogP contribution < -0.4 is 10.2 Å². The summed E-state index contributed by atoms with van der Waals surface area (Å²) in [6, 6.07) is 5.24. The van der Waals surface area contributed by atoms with Gasteiger partial charge in [-0.1, -0.05) is 18.5 Å². The lowest BCUT2D eigenvalue weighted by atomic mass is 10.2. The average molecular weight is 322 g/mol. The van der Waals surface area contributed by atoms with Gasteiger partial charge in [-0.2, -0.15) is 5.10 Å². The Kier molecular flexibility index (Phi) is 5.03. The second-order valence-electron chi connectivity index (χ2n) is 5.30. The van der Waals surface area contributed by atoms with Crippen LogP contribution in [0.25, 0.3) is 0 Å². The number of nitrogens with zero attached hydrogens (tertiary/aromatic N) is 4. The molecule has 0 spiro atoms. The Hall–Kier alpha value is -2.08. The van der Waals surface area contributed by atoms with Crippen LogP contribution in [-0.2, 0) is 0 Å². The number of pyridine rings is 1. The minimum absolute atomic E-state index is 0.212. The fourth-order valence-electron chi connectivity index (χ4n) is 1.97. The van der Waals surface area contributed by atoms with Crippen LogP contribution in [0.2, 0.25) is 5.15 Å². The molecule has 0 saturated heterocycles. The van der Waals surface area contributed by atoms with Gasteiger partial charge in [0.15, 0.2) is 0 Å². The number of carbonyl (C=O) groups excluding carboxylic acids is 1. The molecule has 2 aromatic rings. The highest BCUT2D eigenvalue weighted by Crippen LogP contribution is 2.20. The number of anilines is 2. The summed E-state index contributed by atoms with van der Waals surface area (Å²) in [7, 11) is 3.69. The van der Waals surface area contributed by atoms with Crippen LogP contribution in [0.15, 0.2) is 24.4 Å². The van der Waals surface area contributed by atoms with Crippen molar-refractivity contribution in [2.75, 3.05) is 24.3 Å². The molecule has 0 bridgehead atoms. The van der Waals surface area contributed by atoms with Gasteiger partial charge in [0.2, 0.25) is 0 Å². The van der Waals surface area contributed by atoms with Gasteiger partial charge in [0.1, 0.15) is 16.8 Å². The summed E-state index contributed by atoms with van der Waals surface area (Å²) in [4.78, 5) is 18.4. The highest BCUT2D eigenvalue weighted by Gasteiger charge is 2.14. The molecule has 6 nitrogen and oxygen atoms in total. The average Bonchev–Trinajstić information content (AvgIpc) is 2.93. The van der Waals surface area contributed by atoms with E-state index in [4.69, 9.17) is 11.6 Å². The summed E-state index contributed by atoms with van der Waals surface area (Å²) in [5, 5.41) is 7.41. The maximum Gasteiger partial charge on any atom is 0.257 e. The minimum atomic E-state index is -0.238. The second-order valence-corrected chi connectivity index (χ2v) is 5.69. The molecule has 22 heavy (non-hydrogen) atoms. The van der Waals surface area contributed by atoms with E-state index < -0.39 is 0 Å². The molecule has 0 fully saturated rings. The van der Waals surface area contributed by atoms with Crippen LogP contribution >= 0.6 is 11.6 Å². The van der Waals surface area contributed by atoms with Crippen LogP contribution in [0.1, 0.15) is 36.7 Å². The van der Waals surface area contributed by atoms with E-state index >= 15 is 0 Å². The highest BCUT2D eigenvalue weighted by molar-refractivity contribution is 6.30. The van der Waals surface area contributed by atoms with Crippen LogP contribution in [0, 0.1) is 0 Å². The van der Waals surface area contributed by atoms with Crippen LogP contribution in [0.3, 0.4) is 0 Å². The smallest absolute Gasteiger partial charge is 0.257 e. The van der Waals surface area contributed by atoms with Crippen LogP contribution in [-0.4, -0.2) is 34.8 Å². The van der Waals surface area contributed by atoms with E-state index in [1.165, 1.54) is 0 Å². The Morgan fingerprint density at radius 2 is 2.18 bits per heavy atom. The number of nitrogens with one attached hydrogen (secondary N) is 1. The summed E-state index contributed by atoms with van der Waals surface area (Å²) in [6.07, 6.45) is 2.60. The molecule has 2 heterocycles.